The van der Waals surface area contributed by atoms with E-state index in [0.717, 1.165) is 16.9 Å². The van der Waals surface area contributed by atoms with Gasteiger partial charge < -0.3 is 10.1 Å². The van der Waals surface area contributed by atoms with Crippen molar-refractivity contribution in [3.63, 3.8) is 0 Å². The second-order valence-corrected chi connectivity index (χ2v) is 4.46. The third-order valence-corrected chi connectivity index (χ3v) is 3.07. The normalized spacial score (nSPS) is 10.8. The fourth-order valence-electron chi connectivity index (χ4n) is 1.97. The van der Waals surface area contributed by atoms with Crippen molar-refractivity contribution in [1.82, 2.24) is 5.32 Å². The maximum Gasteiger partial charge on any atom is 0.263 e. The highest BCUT2D eigenvalue weighted by molar-refractivity contribution is 5.33. The molecule has 0 bridgehead atoms. The van der Waals surface area contributed by atoms with Crippen molar-refractivity contribution in [3.8, 4) is 5.75 Å². The van der Waals surface area contributed by atoms with Gasteiger partial charge in [-0.3, -0.25) is 0 Å². The van der Waals surface area contributed by atoms with Gasteiger partial charge in [-0.25, -0.2) is 8.78 Å². The lowest BCUT2D eigenvalue weighted by molar-refractivity contribution is 0.151. The Morgan fingerprint density at radius 3 is 2.35 bits per heavy atom. The van der Waals surface area contributed by atoms with Crippen molar-refractivity contribution in [2.24, 2.45) is 0 Å². The van der Waals surface area contributed by atoms with Crippen molar-refractivity contribution in [1.29, 1.82) is 0 Å². The van der Waals surface area contributed by atoms with E-state index in [0.29, 0.717) is 13.1 Å². The molecule has 0 saturated carbocycles. The molecule has 0 amide bonds. The van der Waals surface area contributed by atoms with Crippen LogP contribution in [0.2, 0.25) is 0 Å². The Morgan fingerprint density at radius 2 is 1.70 bits per heavy atom. The highest BCUT2D eigenvalue weighted by atomic mass is 19.3. The molecule has 0 atom stereocenters. The van der Waals surface area contributed by atoms with Gasteiger partial charge in [0.2, 0.25) is 0 Å². The van der Waals surface area contributed by atoms with Crippen LogP contribution >= 0.6 is 0 Å². The van der Waals surface area contributed by atoms with Crippen molar-refractivity contribution >= 4 is 0 Å². The largest absolute Gasteiger partial charge is 0.496 e. The van der Waals surface area contributed by atoms with Gasteiger partial charge in [0.1, 0.15) is 5.75 Å². The highest BCUT2D eigenvalue weighted by Crippen LogP contribution is 2.19. The predicted molar refractivity (Wildman–Crippen MR) is 74.9 cm³/mol. The number of benzene rings is 2. The zero-order chi connectivity index (χ0) is 14.4. The van der Waals surface area contributed by atoms with Gasteiger partial charge in [0.05, 0.1) is 7.11 Å². The third kappa shape index (κ3) is 3.78. The van der Waals surface area contributed by atoms with E-state index in [9.17, 15) is 8.78 Å². The number of nitrogens with one attached hydrogen (secondary N) is 1. The smallest absolute Gasteiger partial charge is 0.263 e. The molecule has 1 N–H and O–H groups in total. The summed E-state index contributed by atoms with van der Waals surface area (Å²) in [6.07, 6.45) is -2.41. The fourth-order valence-corrected chi connectivity index (χ4v) is 1.97. The summed E-state index contributed by atoms with van der Waals surface area (Å²) in [5.74, 6) is 0.841. The van der Waals surface area contributed by atoms with Gasteiger partial charge in [0, 0.05) is 24.2 Å². The minimum Gasteiger partial charge on any atom is -0.496 e. The van der Waals surface area contributed by atoms with Crippen molar-refractivity contribution in [2.75, 3.05) is 7.11 Å². The highest BCUT2D eigenvalue weighted by Gasteiger charge is 2.06. The monoisotopic (exact) mass is 277 g/mol. The maximum absolute atomic E-state index is 12.4. The lowest BCUT2D eigenvalue weighted by Crippen LogP contribution is -2.13. The molecule has 2 aromatic rings. The van der Waals surface area contributed by atoms with E-state index in [1.807, 2.05) is 24.3 Å². The van der Waals surface area contributed by atoms with E-state index in [4.69, 9.17) is 4.74 Å². The Bertz CT molecular complexity index is 540. The molecule has 0 aromatic heterocycles. The number of hydrogen-bond acceptors (Lipinski definition) is 2. The quantitative estimate of drug-likeness (QED) is 0.864. The summed E-state index contributed by atoms with van der Waals surface area (Å²) in [5.41, 5.74) is 2.10. The number of methoxy groups -OCH3 is 1. The molecule has 20 heavy (non-hydrogen) atoms. The third-order valence-electron chi connectivity index (χ3n) is 3.07. The molecule has 4 heteroatoms. The van der Waals surface area contributed by atoms with E-state index in [-0.39, 0.29) is 5.56 Å². The molecular weight excluding hydrogens is 260 g/mol. The van der Waals surface area contributed by atoms with E-state index < -0.39 is 6.43 Å². The first-order valence-corrected chi connectivity index (χ1v) is 6.40. The SMILES string of the molecule is COc1ccccc1CNCc1ccc(C(F)F)cc1. The second kappa shape index (κ2) is 7.01. The van der Waals surface area contributed by atoms with Gasteiger partial charge >= 0.3 is 0 Å². The molecule has 0 aliphatic rings. The summed E-state index contributed by atoms with van der Waals surface area (Å²) >= 11 is 0. The summed E-state index contributed by atoms with van der Waals surface area (Å²) in [7, 11) is 1.64. The first-order valence-electron chi connectivity index (χ1n) is 6.40. The number of alkyl halides is 2. The van der Waals surface area contributed by atoms with Gasteiger partial charge in [-0.05, 0) is 11.6 Å². The van der Waals surface area contributed by atoms with E-state index in [1.165, 1.54) is 12.1 Å². The zero-order valence-electron chi connectivity index (χ0n) is 11.3. The first-order chi connectivity index (χ1) is 9.70. The summed E-state index contributed by atoms with van der Waals surface area (Å²) in [6.45, 7) is 1.29. The Labute approximate surface area is 117 Å². The van der Waals surface area contributed by atoms with Crippen LogP contribution in [0.1, 0.15) is 23.1 Å². The van der Waals surface area contributed by atoms with Crippen LogP contribution in [0.15, 0.2) is 48.5 Å². The number of para-hydroxylation sites is 1. The number of hydrogen-bond donors (Lipinski definition) is 1. The Balaban J connectivity index is 1.89. The van der Waals surface area contributed by atoms with E-state index in [2.05, 4.69) is 5.32 Å². The molecule has 0 saturated heterocycles. The molecular formula is C16H17F2NO. The standard InChI is InChI=1S/C16H17F2NO/c1-20-15-5-3-2-4-14(15)11-19-10-12-6-8-13(9-7-12)16(17)18/h2-9,16,19H,10-11H2,1H3. The van der Waals surface area contributed by atoms with Crippen LogP contribution < -0.4 is 10.1 Å². The topological polar surface area (TPSA) is 21.3 Å². The zero-order valence-corrected chi connectivity index (χ0v) is 11.3. The average Bonchev–Trinajstić information content (AvgIpc) is 2.48. The Kier molecular flexibility index (Phi) is 5.07. The van der Waals surface area contributed by atoms with E-state index in [1.54, 1.807) is 19.2 Å². The van der Waals surface area contributed by atoms with Crippen LogP contribution in [0.4, 0.5) is 8.78 Å². The summed E-state index contributed by atoms with van der Waals surface area (Å²) in [4.78, 5) is 0. The molecule has 0 radical (unpaired) electrons. The molecule has 2 aromatic carbocycles. The number of rotatable bonds is 6. The van der Waals surface area contributed by atoms with Gasteiger partial charge in [0.15, 0.2) is 0 Å². The summed E-state index contributed by atoms with van der Waals surface area (Å²) < 4.78 is 30.1. The second-order valence-electron chi connectivity index (χ2n) is 4.46. The van der Waals surface area contributed by atoms with Gasteiger partial charge in [-0.15, -0.1) is 0 Å². The summed E-state index contributed by atoms with van der Waals surface area (Å²) in [5, 5.41) is 3.27. The minimum atomic E-state index is -2.41. The first kappa shape index (κ1) is 14.5. The minimum absolute atomic E-state index is 0.0541. The van der Waals surface area contributed by atoms with E-state index >= 15 is 0 Å². The van der Waals surface area contributed by atoms with Gasteiger partial charge in [-0.1, -0.05) is 42.5 Å². The van der Waals surface area contributed by atoms with Gasteiger partial charge in [0.25, 0.3) is 6.43 Å². The lowest BCUT2D eigenvalue weighted by Gasteiger charge is -2.09. The summed E-state index contributed by atoms with van der Waals surface area (Å²) in [6, 6.07) is 14.1. The van der Waals surface area contributed by atoms with Crippen LogP contribution in [-0.2, 0) is 13.1 Å². The molecule has 2 rings (SSSR count). The van der Waals surface area contributed by atoms with Crippen molar-refractivity contribution < 1.29 is 13.5 Å². The van der Waals surface area contributed by atoms with Crippen LogP contribution in [0.3, 0.4) is 0 Å². The molecule has 106 valence electrons. The van der Waals surface area contributed by atoms with Crippen LogP contribution in [-0.4, -0.2) is 7.11 Å². The van der Waals surface area contributed by atoms with Crippen molar-refractivity contribution in [3.05, 3.63) is 65.2 Å². The molecule has 0 aliphatic heterocycles. The molecule has 2 nitrogen and oxygen atoms in total. The average molecular weight is 277 g/mol. The fraction of sp³-hybridized carbons (Fsp3) is 0.250. The molecule has 0 spiro atoms. The maximum atomic E-state index is 12.4. The van der Waals surface area contributed by atoms with Crippen molar-refractivity contribution in [2.45, 2.75) is 19.5 Å². The predicted octanol–water partition coefficient (Wildman–Crippen LogP) is 3.92. The van der Waals surface area contributed by atoms with Crippen LogP contribution in [0.5, 0.6) is 5.75 Å². The number of ether oxygens (including phenoxy) is 1. The Hall–Kier alpha value is -1.94. The Morgan fingerprint density at radius 1 is 1.00 bits per heavy atom. The molecule has 0 unspecified atom stereocenters. The molecule has 0 fully saturated rings. The van der Waals surface area contributed by atoms with Crippen LogP contribution in [0.25, 0.3) is 0 Å². The molecule has 0 aliphatic carbocycles. The van der Waals surface area contributed by atoms with Crippen LogP contribution in [0, 0.1) is 0 Å². The van der Waals surface area contributed by atoms with Gasteiger partial charge in [-0.2, -0.15) is 0 Å². The number of halogens is 2. The molecule has 0 heterocycles. The lowest BCUT2D eigenvalue weighted by atomic mass is 10.1.